The van der Waals surface area contributed by atoms with Crippen molar-refractivity contribution in [3.8, 4) is 5.75 Å². The van der Waals surface area contributed by atoms with Crippen LogP contribution in [-0.2, 0) is 21.6 Å². The Labute approximate surface area is 80.3 Å². The van der Waals surface area contributed by atoms with Crippen molar-refractivity contribution in [2.75, 3.05) is 0 Å². The second-order valence-electron chi connectivity index (χ2n) is 1.89. The van der Waals surface area contributed by atoms with E-state index in [-0.39, 0.29) is 22.8 Å². The molecular formula is C6H7FeO4P. The average Bonchev–Trinajstić information content (AvgIpc) is 1.85. The first kappa shape index (κ1) is 11.7. The Bertz CT molecular complexity index is 270. The molecule has 0 aliphatic heterocycles. The van der Waals surface area contributed by atoms with E-state index in [4.69, 9.17) is 9.79 Å². The van der Waals surface area contributed by atoms with Crippen LogP contribution in [0.2, 0.25) is 0 Å². The maximum absolute atomic E-state index is 10.3. The van der Waals surface area contributed by atoms with Gasteiger partial charge in [-0.3, -0.25) is 9.79 Å². The largest absolute Gasteiger partial charge is 0.524 e. The molecule has 0 bridgehead atoms. The summed E-state index contributed by atoms with van der Waals surface area (Å²) in [4.78, 5) is 16.7. The van der Waals surface area contributed by atoms with E-state index in [1.165, 1.54) is 12.1 Å². The summed E-state index contributed by atoms with van der Waals surface area (Å²) in [6.45, 7) is 0. The minimum Gasteiger partial charge on any atom is -0.404 e. The molecule has 0 aliphatic carbocycles. The van der Waals surface area contributed by atoms with Crippen molar-refractivity contribution in [1.29, 1.82) is 0 Å². The van der Waals surface area contributed by atoms with E-state index in [2.05, 4.69) is 4.52 Å². The zero-order valence-corrected chi connectivity index (χ0v) is 7.90. The molecule has 1 rings (SSSR count). The van der Waals surface area contributed by atoms with Crippen molar-refractivity contribution in [3.63, 3.8) is 0 Å². The second-order valence-corrected chi connectivity index (χ2v) is 3.06. The number of hydrogen-bond donors (Lipinski definition) is 2. The maximum atomic E-state index is 10.3. The Morgan fingerprint density at radius 3 is 2.08 bits per heavy atom. The van der Waals surface area contributed by atoms with Gasteiger partial charge < -0.3 is 4.52 Å². The van der Waals surface area contributed by atoms with Crippen molar-refractivity contribution in [2.24, 2.45) is 0 Å². The summed E-state index contributed by atoms with van der Waals surface area (Å²) in [7, 11) is -4.39. The predicted molar refractivity (Wildman–Crippen MR) is 39.1 cm³/mol. The average molecular weight is 230 g/mol. The molecule has 0 radical (unpaired) electrons. The summed E-state index contributed by atoms with van der Waals surface area (Å²) < 4.78 is 14.5. The molecule has 0 aliphatic rings. The van der Waals surface area contributed by atoms with Crippen molar-refractivity contribution in [3.05, 3.63) is 30.3 Å². The number of benzene rings is 1. The van der Waals surface area contributed by atoms with Gasteiger partial charge in [0.15, 0.2) is 0 Å². The Balaban J connectivity index is 0.00000121. The summed E-state index contributed by atoms with van der Waals surface area (Å²) in [5, 5.41) is 0. The normalized spacial score (nSPS) is 10.2. The Morgan fingerprint density at radius 2 is 1.67 bits per heavy atom. The molecule has 2 N–H and O–H groups in total. The molecule has 1 aromatic rings. The van der Waals surface area contributed by atoms with Gasteiger partial charge >= 0.3 is 7.82 Å². The van der Waals surface area contributed by atoms with E-state index in [9.17, 15) is 4.57 Å². The van der Waals surface area contributed by atoms with E-state index in [1.54, 1.807) is 18.2 Å². The summed E-state index contributed by atoms with van der Waals surface area (Å²) >= 11 is 0. The smallest absolute Gasteiger partial charge is 0.404 e. The quantitative estimate of drug-likeness (QED) is 0.590. The maximum Gasteiger partial charge on any atom is 0.524 e. The first-order valence-corrected chi connectivity index (χ1v) is 4.41. The molecule has 0 aromatic heterocycles. The van der Waals surface area contributed by atoms with Gasteiger partial charge in [0, 0.05) is 17.1 Å². The zero-order valence-electron chi connectivity index (χ0n) is 5.90. The summed E-state index contributed by atoms with van der Waals surface area (Å²) in [5.41, 5.74) is 0. The molecule has 0 atom stereocenters. The molecule has 0 amide bonds. The molecule has 4 nitrogen and oxygen atoms in total. The van der Waals surface area contributed by atoms with Gasteiger partial charge in [-0.1, -0.05) is 18.2 Å². The van der Waals surface area contributed by atoms with Crippen LogP contribution in [0.4, 0.5) is 0 Å². The zero-order chi connectivity index (χ0) is 8.32. The van der Waals surface area contributed by atoms with Gasteiger partial charge in [0.05, 0.1) is 0 Å². The third-order valence-corrected chi connectivity index (χ3v) is 1.42. The van der Waals surface area contributed by atoms with E-state index >= 15 is 0 Å². The second kappa shape index (κ2) is 4.65. The third-order valence-electron chi connectivity index (χ3n) is 0.968. The van der Waals surface area contributed by atoms with Crippen LogP contribution in [0.15, 0.2) is 30.3 Å². The van der Waals surface area contributed by atoms with Crippen LogP contribution in [0.1, 0.15) is 0 Å². The van der Waals surface area contributed by atoms with Crippen LogP contribution < -0.4 is 4.52 Å². The number of hydrogen-bond acceptors (Lipinski definition) is 2. The van der Waals surface area contributed by atoms with Gasteiger partial charge in [-0.05, 0) is 12.1 Å². The van der Waals surface area contributed by atoms with Gasteiger partial charge in [-0.15, -0.1) is 0 Å². The molecule has 0 saturated heterocycles. The van der Waals surface area contributed by atoms with Crippen LogP contribution in [0.5, 0.6) is 5.75 Å². The molecule has 0 unspecified atom stereocenters. The minimum atomic E-state index is -4.39. The fraction of sp³-hybridized carbons (Fsp3) is 0. The Hall–Kier alpha value is -0.311. The standard InChI is InChI=1S/C6H7O4P.Fe/c7-11(8,9)10-6-4-2-1-3-5-6;/h1-5H,(H2,7,8,9);. The minimum absolute atomic E-state index is 0. The number of phosphoric ester groups is 1. The van der Waals surface area contributed by atoms with E-state index in [0.717, 1.165) is 0 Å². The molecule has 1 aromatic carbocycles. The van der Waals surface area contributed by atoms with E-state index in [0.29, 0.717) is 0 Å². The summed E-state index contributed by atoms with van der Waals surface area (Å²) in [5.74, 6) is 0.167. The van der Waals surface area contributed by atoms with Gasteiger partial charge in [0.1, 0.15) is 5.75 Å². The molecule has 0 heterocycles. The van der Waals surface area contributed by atoms with Gasteiger partial charge in [0.2, 0.25) is 0 Å². The molecule has 0 fully saturated rings. The molecule has 0 saturated carbocycles. The van der Waals surface area contributed by atoms with Crippen LogP contribution in [-0.4, -0.2) is 9.79 Å². The first-order chi connectivity index (χ1) is 5.08. The van der Waals surface area contributed by atoms with Gasteiger partial charge in [-0.25, -0.2) is 4.57 Å². The summed E-state index contributed by atoms with van der Waals surface area (Å²) in [6, 6.07) is 7.93. The van der Waals surface area contributed by atoms with Gasteiger partial charge in [-0.2, -0.15) is 0 Å². The van der Waals surface area contributed by atoms with Crippen LogP contribution in [0.25, 0.3) is 0 Å². The molecule has 12 heavy (non-hydrogen) atoms. The van der Waals surface area contributed by atoms with Crippen molar-refractivity contribution < 1.29 is 35.9 Å². The molecule has 68 valence electrons. The first-order valence-electron chi connectivity index (χ1n) is 2.88. The van der Waals surface area contributed by atoms with Crippen molar-refractivity contribution >= 4 is 7.82 Å². The van der Waals surface area contributed by atoms with Crippen LogP contribution in [0, 0.1) is 0 Å². The molecule has 0 spiro atoms. The summed E-state index contributed by atoms with van der Waals surface area (Å²) in [6.07, 6.45) is 0. The SMILES string of the molecule is O=P(O)(O)Oc1ccccc1.[Fe]. The Morgan fingerprint density at radius 1 is 1.17 bits per heavy atom. The monoisotopic (exact) mass is 230 g/mol. The fourth-order valence-corrected chi connectivity index (χ4v) is 1.02. The van der Waals surface area contributed by atoms with Crippen LogP contribution in [0.3, 0.4) is 0 Å². The predicted octanol–water partition coefficient (Wildman–Crippen LogP) is 1.16. The van der Waals surface area contributed by atoms with Gasteiger partial charge in [0.25, 0.3) is 0 Å². The van der Waals surface area contributed by atoms with E-state index in [1.807, 2.05) is 0 Å². The topological polar surface area (TPSA) is 66.8 Å². The van der Waals surface area contributed by atoms with E-state index < -0.39 is 7.82 Å². The molecular weight excluding hydrogens is 223 g/mol. The third kappa shape index (κ3) is 4.54. The molecule has 6 heteroatoms. The Kier molecular flexibility index (Phi) is 4.53. The van der Waals surface area contributed by atoms with Crippen LogP contribution >= 0.6 is 7.82 Å². The fourth-order valence-electron chi connectivity index (χ4n) is 0.619. The van der Waals surface area contributed by atoms with Crippen molar-refractivity contribution in [2.45, 2.75) is 0 Å². The number of para-hydroxylation sites is 1. The van der Waals surface area contributed by atoms with Crippen molar-refractivity contribution in [1.82, 2.24) is 0 Å². The number of phosphoric acid groups is 1. The number of rotatable bonds is 2.